The van der Waals surface area contributed by atoms with Gasteiger partial charge in [0.05, 0.1) is 34.5 Å². The highest BCUT2D eigenvalue weighted by molar-refractivity contribution is 5.92. The second kappa shape index (κ2) is 8.23. The summed E-state index contributed by atoms with van der Waals surface area (Å²) in [7, 11) is 0. The minimum atomic E-state index is 0.0703. The molecule has 0 amide bonds. The lowest BCUT2D eigenvalue weighted by molar-refractivity contribution is 0.473. The first kappa shape index (κ1) is 19.3. The summed E-state index contributed by atoms with van der Waals surface area (Å²) in [5.74, 6) is 1.11. The Morgan fingerprint density at radius 2 is 1.25 bits per heavy atom. The zero-order chi connectivity index (χ0) is 21.9. The summed E-state index contributed by atoms with van der Waals surface area (Å²) in [5, 5.41) is 19.0. The molecule has 0 aliphatic carbocycles. The highest BCUT2D eigenvalue weighted by Gasteiger charge is 2.07. The molecule has 5 rings (SSSR count). The number of aromatic amines is 2. The number of aryl methyl sites for hydroxylation is 1. The van der Waals surface area contributed by atoms with Crippen LogP contribution in [0.15, 0.2) is 70.9 Å². The molecule has 5 aromatic rings. The highest BCUT2D eigenvalue weighted by Crippen LogP contribution is 2.22. The lowest BCUT2D eigenvalue weighted by Crippen LogP contribution is -1.97. The van der Waals surface area contributed by atoms with Crippen molar-refractivity contribution >= 4 is 46.4 Å². The normalized spacial score (nSPS) is 11.8. The van der Waals surface area contributed by atoms with Crippen LogP contribution in [-0.4, -0.2) is 37.5 Å². The Morgan fingerprint density at radius 3 is 1.72 bits per heavy atom. The molecular weight excluding hydrogens is 404 g/mol. The Bertz CT molecular complexity index is 1290. The third-order valence-electron chi connectivity index (χ3n) is 4.84. The topological polar surface area (TPSA) is 126 Å². The fourth-order valence-corrected chi connectivity index (χ4v) is 3.37. The minimum Gasteiger partial charge on any atom is -0.507 e. The minimum absolute atomic E-state index is 0.0703. The molecular formula is C23H20N8O. The molecule has 2 heterocycles. The van der Waals surface area contributed by atoms with Gasteiger partial charge in [-0.05, 0) is 48.9 Å². The standard InChI is InChI=1S/C23H20N8O/c1-14-10-15(12-24-30-22-26-17-6-2-3-7-18(17)27-22)21(32)16(11-14)13-25-31-23-28-19-8-4-5-9-20(19)29-23/h2-13,32H,1H3,(H2,26,27,30)(H2,28,29,31). The molecule has 0 saturated heterocycles. The fourth-order valence-electron chi connectivity index (χ4n) is 3.37. The number of hydrogen-bond donors (Lipinski definition) is 5. The van der Waals surface area contributed by atoms with Crippen molar-refractivity contribution in [3.63, 3.8) is 0 Å². The van der Waals surface area contributed by atoms with Gasteiger partial charge in [0.15, 0.2) is 0 Å². The fraction of sp³-hybridized carbons (Fsp3) is 0.0435. The molecule has 0 bridgehead atoms. The SMILES string of the molecule is Cc1cc(C=NNc2nc3ccccc3[nH]2)c(O)c(C=NNc2nc3ccccc3[nH]2)c1. The molecule has 5 N–H and O–H groups in total. The maximum absolute atomic E-state index is 10.7. The number of benzene rings is 3. The summed E-state index contributed by atoms with van der Waals surface area (Å²) < 4.78 is 0. The number of phenols is 1. The van der Waals surface area contributed by atoms with Crippen LogP contribution in [0.3, 0.4) is 0 Å². The van der Waals surface area contributed by atoms with Crippen LogP contribution in [0, 0.1) is 6.92 Å². The summed E-state index contributed by atoms with van der Waals surface area (Å²) in [6.45, 7) is 1.94. The van der Waals surface area contributed by atoms with Crippen molar-refractivity contribution in [3.8, 4) is 5.75 Å². The number of rotatable bonds is 6. The molecule has 2 aromatic heterocycles. The zero-order valence-corrected chi connectivity index (χ0v) is 17.2. The van der Waals surface area contributed by atoms with Gasteiger partial charge in [-0.25, -0.2) is 20.8 Å². The average Bonchev–Trinajstić information content (AvgIpc) is 3.39. The van der Waals surface area contributed by atoms with Crippen LogP contribution in [0.5, 0.6) is 5.75 Å². The van der Waals surface area contributed by atoms with Crippen LogP contribution in [0.4, 0.5) is 11.9 Å². The lowest BCUT2D eigenvalue weighted by atomic mass is 10.1. The number of phenolic OH excluding ortho intramolecular Hbond substituents is 1. The second-order valence-electron chi connectivity index (χ2n) is 7.24. The van der Waals surface area contributed by atoms with E-state index in [1.54, 1.807) is 12.4 Å². The Kier molecular flexibility index (Phi) is 4.97. The summed E-state index contributed by atoms with van der Waals surface area (Å²) in [5.41, 5.74) is 11.3. The largest absolute Gasteiger partial charge is 0.507 e. The lowest BCUT2D eigenvalue weighted by Gasteiger charge is -2.05. The molecule has 0 spiro atoms. The Balaban J connectivity index is 1.31. The van der Waals surface area contributed by atoms with Crippen molar-refractivity contribution < 1.29 is 5.11 Å². The van der Waals surface area contributed by atoms with E-state index in [0.717, 1.165) is 27.6 Å². The van der Waals surface area contributed by atoms with Crippen LogP contribution in [-0.2, 0) is 0 Å². The number of aromatic hydroxyl groups is 1. The van der Waals surface area contributed by atoms with E-state index < -0.39 is 0 Å². The Hall–Kier alpha value is -4.66. The van der Waals surface area contributed by atoms with Crippen LogP contribution < -0.4 is 10.9 Å². The summed E-state index contributed by atoms with van der Waals surface area (Å²) in [6, 6.07) is 19.1. The predicted molar refractivity (Wildman–Crippen MR) is 127 cm³/mol. The number of nitrogens with one attached hydrogen (secondary N) is 4. The van der Waals surface area contributed by atoms with E-state index in [1.165, 1.54) is 0 Å². The van der Waals surface area contributed by atoms with Crippen molar-refractivity contribution in [2.45, 2.75) is 6.92 Å². The van der Waals surface area contributed by atoms with E-state index >= 15 is 0 Å². The third kappa shape index (κ3) is 3.99. The number of imidazole rings is 2. The number of aromatic nitrogens is 4. The molecule has 3 aromatic carbocycles. The molecule has 0 fully saturated rings. The molecule has 9 heteroatoms. The van der Waals surface area contributed by atoms with Crippen molar-refractivity contribution in [2.75, 3.05) is 10.9 Å². The van der Waals surface area contributed by atoms with Gasteiger partial charge in [-0.15, -0.1) is 0 Å². The van der Waals surface area contributed by atoms with Gasteiger partial charge in [0, 0.05) is 11.1 Å². The van der Waals surface area contributed by atoms with E-state index in [9.17, 15) is 5.11 Å². The Morgan fingerprint density at radius 1 is 0.781 bits per heavy atom. The quantitative estimate of drug-likeness (QED) is 0.205. The predicted octanol–water partition coefficient (Wildman–Crippen LogP) is 4.35. The molecule has 0 aliphatic rings. The van der Waals surface area contributed by atoms with Gasteiger partial charge in [-0.3, -0.25) is 0 Å². The van der Waals surface area contributed by atoms with Crippen LogP contribution in [0.25, 0.3) is 22.1 Å². The van der Waals surface area contributed by atoms with Gasteiger partial charge in [-0.1, -0.05) is 24.3 Å². The van der Waals surface area contributed by atoms with Crippen molar-refractivity contribution in [1.29, 1.82) is 0 Å². The van der Waals surface area contributed by atoms with Crippen molar-refractivity contribution in [1.82, 2.24) is 19.9 Å². The van der Waals surface area contributed by atoms with Gasteiger partial charge in [-0.2, -0.15) is 10.2 Å². The monoisotopic (exact) mass is 424 g/mol. The van der Waals surface area contributed by atoms with Crippen molar-refractivity contribution in [2.24, 2.45) is 10.2 Å². The summed E-state index contributed by atoms with van der Waals surface area (Å²) >= 11 is 0. The Labute approximate surface area is 182 Å². The van der Waals surface area contributed by atoms with Crippen LogP contribution >= 0.6 is 0 Å². The molecule has 0 atom stereocenters. The van der Waals surface area contributed by atoms with E-state index in [2.05, 4.69) is 41.0 Å². The van der Waals surface area contributed by atoms with Gasteiger partial charge >= 0.3 is 0 Å². The third-order valence-corrected chi connectivity index (χ3v) is 4.84. The highest BCUT2D eigenvalue weighted by atomic mass is 16.3. The number of hydrazone groups is 2. The second-order valence-corrected chi connectivity index (χ2v) is 7.24. The number of H-pyrrole nitrogens is 2. The molecule has 158 valence electrons. The molecule has 32 heavy (non-hydrogen) atoms. The summed E-state index contributed by atoms with van der Waals surface area (Å²) in [6.07, 6.45) is 3.08. The summed E-state index contributed by atoms with van der Waals surface area (Å²) in [4.78, 5) is 15.1. The first-order chi connectivity index (χ1) is 15.7. The van der Waals surface area contributed by atoms with Crippen LogP contribution in [0.1, 0.15) is 16.7 Å². The first-order valence-corrected chi connectivity index (χ1v) is 9.97. The number of para-hydroxylation sites is 4. The van der Waals surface area contributed by atoms with Gasteiger partial charge in [0.2, 0.25) is 11.9 Å². The molecule has 0 aliphatic heterocycles. The van der Waals surface area contributed by atoms with Gasteiger partial charge < -0.3 is 15.1 Å². The molecule has 0 unspecified atom stereocenters. The smallest absolute Gasteiger partial charge is 0.222 e. The van der Waals surface area contributed by atoms with Gasteiger partial charge in [0.1, 0.15) is 5.75 Å². The number of anilines is 2. The van der Waals surface area contributed by atoms with E-state index in [4.69, 9.17) is 0 Å². The zero-order valence-electron chi connectivity index (χ0n) is 17.2. The number of hydrogen-bond acceptors (Lipinski definition) is 7. The molecule has 0 radical (unpaired) electrons. The maximum atomic E-state index is 10.7. The average molecular weight is 424 g/mol. The number of fused-ring (bicyclic) bond motifs is 2. The van der Waals surface area contributed by atoms with E-state index in [-0.39, 0.29) is 5.75 Å². The van der Waals surface area contributed by atoms with Crippen molar-refractivity contribution in [3.05, 3.63) is 77.4 Å². The first-order valence-electron chi connectivity index (χ1n) is 9.97. The van der Waals surface area contributed by atoms with E-state index in [1.807, 2.05) is 67.6 Å². The van der Waals surface area contributed by atoms with Crippen LogP contribution in [0.2, 0.25) is 0 Å². The number of nitrogens with zero attached hydrogens (tertiary/aromatic N) is 4. The van der Waals surface area contributed by atoms with Gasteiger partial charge in [0.25, 0.3) is 0 Å². The van der Waals surface area contributed by atoms with E-state index in [0.29, 0.717) is 23.0 Å². The maximum Gasteiger partial charge on any atom is 0.222 e. The molecule has 0 saturated carbocycles. The molecule has 9 nitrogen and oxygen atoms in total.